The van der Waals surface area contributed by atoms with E-state index in [1.807, 2.05) is 23.1 Å². The predicted molar refractivity (Wildman–Crippen MR) is 107 cm³/mol. The summed E-state index contributed by atoms with van der Waals surface area (Å²) in [7, 11) is 0. The Morgan fingerprint density at radius 1 is 1.11 bits per heavy atom. The fourth-order valence-corrected chi connectivity index (χ4v) is 4.67. The van der Waals surface area contributed by atoms with Gasteiger partial charge < -0.3 is 4.90 Å². The van der Waals surface area contributed by atoms with Gasteiger partial charge >= 0.3 is 0 Å². The van der Waals surface area contributed by atoms with E-state index in [1.165, 1.54) is 11.1 Å². The summed E-state index contributed by atoms with van der Waals surface area (Å²) >= 11 is 0. The van der Waals surface area contributed by atoms with E-state index in [-0.39, 0.29) is 11.3 Å². The van der Waals surface area contributed by atoms with Crippen molar-refractivity contribution in [3.05, 3.63) is 65.5 Å². The number of nitrogens with zero attached hydrogens (tertiary/aromatic N) is 3. The molecule has 1 spiro atoms. The molecule has 0 unspecified atom stereocenters. The van der Waals surface area contributed by atoms with Crippen LogP contribution >= 0.6 is 0 Å². The van der Waals surface area contributed by atoms with Crippen LogP contribution in [-0.2, 0) is 23.2 Å². The highest BCUT2D eigenvalue weighted by molar-refractivity contribution is 5.78. The number of aromatic nitrogens is 1. The number of carbonyl (C=O) groups excluding carboxylic acids is 1. The molecule has 0 atom stereocenters. The van der Waals surface area contributed by atoms with Crippen molar-refractivity contribution >= 4 is 5.91 Å². The smallest absolute Gasteiger partial charge is 0.228 e. The van der Waals surface area contributed by atoms with Crippen LogP contribution in [-0.4, -0.2) is 46.4 Å². The van der Waals surface area contributed by atoms with Crippen LogP contribution in [0.3, 0.4) is 0 Å². The quantitative estimate of drug-likeness (QED) is 0.838. The lowest BCUT2D eigenvalue weighted by molar-refractivity contribution is -0.132. The Labute approximate surface area is 162 Å². The number of amides is 1. The Balaban J connectivity index is 1.49. The van der Waals surface area contributed by atoms with E-state index in [2.05, 4.69) is 48.0 Å². The number of likely N-dealkylation sites (tertiary alicyclic amines) is 1. The van der Waals surface area contributed by atoms with Gasteiger partial charge in [0, 0.05) is 49.5 Å². The molecule has 2 aliphatic heterocycles. The molecule has 1 saturated heterocycles. The minimum Gasteiger partial charge on any atom is -0.342 e. The molecule has 1 amide bonds. The van der Waals surface area contributed by atoms with Crippen LogP contribution in [0.15, 0.2) is 48.7 Å². The van der Waals surface area contributed by atoms with Gasteiger partial charge in [-0.25, -0.2) is 0 Å². The summed E-state index contributed by atoms with van der Waals surface area (Å²) in [6.45, 7) is 8.39. The molecule has 4 heteroatoms. The molecule has 0 aliphatic carbocycles. The fraction of sp³-hybridized carbons (Fsp3) is 0.478. The molecule has 1 aromatic heterocycles. The number of fused-ring (bicyclic) bond motifs is 2. The molecule has 0 bridgehead atoms. The Kier molecular flexibility index (Phi) is 5.00. The Morgan fingerprint density at radius 3 is 2.56 bits per heavy atom. The highest BCUT2D eigenvalue weighted by Crippen LogP contribution is 2.42. The first-order valence-corrected chi connectivity index (χ1v) is 10.1. The maximum absolute atomic E-state index is 12.7. The molecule has 2 aliphatic rings. The molecule has 0 radical (unpaired) electrons. The van der Waals surface area contributed by atoms with Gasteiger partial charge in [0.1, 0.15) is 0 Å². The molecule has 4 nitrogen and oxygen atoms in total. The minimum absolute atomic E-state index is 0.181. The van der Waals surface area contributed by atoms with E-state index >= 15 is 0 Å². The van der Waals surface area contributed by atoms with Gasteiger partial charge in [0.2, 0.25) is 5.91 Å². The maximum Gasteiger partial charge on any atom is 0.228 e. The molecular weight excluding hydrogens is 334 g/mol. The van der Waals surface area contributed by atoms with Crippen LogP contribution < -0.4 is 0 Å². The topological polar surface area (TPSA) is 36.4 Å². The molecule has 1 fully saturated rings. The summed E-state index contributed by atoms with van der Waals surface area (Å²) in [5, 5.41) is 0. The minimum atomic E-state index is 0.181. The second kappa shape index (κ2) is 7.43. The predicted octanol–water partition coefficient (Wildman–Crippen LogP) is 3.41. The summed E-state index contributed by atoms with van der Waals surface area (Å²) in [6, 6.07) is 15.2. The molecule has 0 N–H and O–H groups in total. The molecule has 3 heterocycles. The van der Waals surface area contributed by atoms with Crippen LogP contribution in [0.1, 0.15) is 43.5 Å². The third-order valence-electron chi connectivity index (χ3n) is 6.33. The van der Waals surface area contributed by atoms with Crippen molar-refractivity contribution in [2.45, 2.75) is 51.1 Å². The molecule has 4 rings (SSSR count). The summed E-state index contributed by atoms with van der Waals surface area (Å²) in [5.74, 6) is 0.202. The molecule has 1 aromatic carbocycles. The van der Waals surface area contributed by atoms with Crippen molar-refractivity contribution in [2.24, 2.45) is 0 Å². The summed E-state index contributed by atoms with van der Waals surface area (Å²) < 4.78 is 0. The third-order valence-corrected chi connectivity index (χ3v) is 6.33. The van der Waals surface area contributed by atoms with Crippen LogP contribution in [0.2, 0.25) is 0 Å². The summed E-state index contributed by atoms with van der Waals surface area (Å²) in [6.07, 6.45) is 4.25. The van der Waals surface area contributed by atoms with Crippen molar-refractivity contribution in [2.75, 3.05) is 19.6 Å². The first-order valence-electron chi connectivity index (χ1n) is 10.1. The van der Waals surface area contributed by atoms with E-state index < -0.39 is 0 Å². The Hall–Kier alpha value is -2.20. The number of hydrogen-bond donors (Lipinski definition) is 0. The highest BCUT2D eigenvalue weighted by atomic mass is 16.2. The maximum atomic E-state index is 12.7. The first-order chi connectivity index (χ1) is 13.1. The number of piperidine rings is 1. The second-order valence-electron chi connectivity index (χ2n) is 8.31. The van der Waals surface area contributed by atoms with Gasteiger partial charge in [-0.15, -0.1) is 0 Å². The largest absolute Gasteiger partial charge is 0.342 e. The Bertz CT molecular complexity index is 794. The van der Waals surface area contributed by atoms with Gasteiger partial charge in [0.05, 0.1) is 6.42 Å². The van der Waals surface area contributed by atoms with Crippen LogP contribution in [0.4, 0.5) is 0 Å². The molecule has 142 valence electrons. The Morgan fingerprint density at radius 2 is 1.85 bits per heavy atom. The lowest BCUT2D eigenvalue weighted by Crippen LogP contribution is -2.54. The number of carbonyl (C=O) groups is 1. The number of hydrogen-bond acceptors (Lipinski definition) is 3. The monoisotopic (exact) mass is 363 g/mol. The average Bonchev–Trinajstić information content (AvgIpc) is 2.69. The van der Waals surface area contributed by atoms with Crippen molar-refractivity contribution in [1.29, 1.82) is 0 Å². The van der Waals surface area contributed by atoms with E-state index in [4.69, 9.17) is 0 Å². The molecule has 27 heavy (non-hydrogen) atoms. The lowest BCUT2D eigenvalue weighted by atomic mass is 9.68. The van der Waals surface area contributed by atoms with E-state index in [9.17, 15) is 4.79 Å². The highest BCUT2D eigenvalue weighted by Gasteiger charge is 2.42. The standard InChI is InChI=1S/C23H29N3O/c1-18(2)26-16-19-7-3-4-9-21(19)23(17-26)10-13-25(14-11-23)22(27)15-20-8-5-6-12-24-20/h3-9,12,18H,10-11,13-17H2,1-2H3. The van der Waals surface area contributed by atoms with Gasteiger partial charge in [-0.05, 0) is 49.9 Å². The third kappa shape index (κ3) is 3.63. The SMILES string of the molecule is CC(C)N1Cc2ccccc2C2(CCN(C(=O)Cc3ccccn3)CC2)C1. The van der Waals surface area contributed by atoms with Crippen molar-refractivity contribution in [1.82, 2.24) is 14.8 Å². The first kappa shape index (κ1) is 18.2. The normalized spacial score (nSPS) is 19.3. The zero-order valence-electron chi connectivity index (χ0n) is 16.4. The van der Waals surface area contributed by atoms with Gasteiger partial charge in [0.15, 0.2) is 0 Å². The lowest BCUT2D eigenvalue weighted by Gasteiger charge is -2.49. The van der Waals surface area contributed by atoms with Crippen LogP contribution in [0, 0.1) is 0 Å². The molecule has 2 aromatic rings. The van der Waals surface area contributed by atoms with E-state index in [0.29, 0.717) is 12.5 Å². The van der Waals surface area contributed by atoms with Gasteiger partial charge in [0.25, 0.3) is 0 Å². The number of benzene rings is 1. The zero-order valence-corrected chi connectivity index (χ0v) is 16.4. The van der Waals surface area contributed by atoms with Crippen molar-refractivity contribution in [3.8, 4) is 0 Å². The van der Waals surface area contributed by atoms with E-state index in [1.54, 1.807) is 6.20 Å². The van der Waals surface area contributed by atoms with Gasteiger partial charge in [-0.1, -0.05) is 30.3 Å². The zero-order chi connectivity index (χ0) is 18.9. The summed E-state index contributed by atoms with van der Waals surface area (Å²) in [5.41, 5.74) is 4.02. The fourth-order valence-electron chi connectivity index (χ4n) is 4.67. The van der Waals surface area contributed by atoms with Crippen molar-refractivity contribution < 1.29 is 4.79 Å². The number of pyridine rings is 1. The average molecular weight is 364 g/mol. The number of rotatable bonds is 3. The van der Waals surface area contributed by atoms with Gasteiger partial charge in [-0.3, -0.25) is 14.7 Å². The molecular formula is C23H29N3O. The second-order valence-corrected chi connectivity index (χ2v) is 8.31. The van der Waals surface area contributed by atoms with Crippen LogP contribution in [0.5, 0.6) is 0 Å². The van der Waals surface area contributed by atoms with Gasteiger partial charge in [-0.2, -0.15) is 0 Å². The van der Waals surface area contributed by atoms with E-state index in [0.717, 1.165) is 44.7 Å². The summed E-state index contributed by atoms with van der Waals surface area (Å²) in [4.78, 5) is 21.7. The van der Waals surface area contributed by atoms with Crippen molar-refractivity contribution in [3.63, 3.8) is 0 Å². The van der Waals surface area contributed by atoms with Crippen LogP contribution in [0.25, 0.3) is 0 Å². The molecule has 0 saturated carbocycles.